The van der Waals surface area contributed by atoms with Crippen LogP contribution in [0.5, 0.6) is 0 Å². The summed E-state index contributed by atoms with van der Waals surface area (Å²) in [5, 5.41) is 40.7. The molecule has 0 aromatic carbocycles. The molecule has 1 atom stereocenters. The Kier molecular flexibility index (Phi) is 16.9. The lowest BCUT2D eigenvalue weighted by molar-refractivity contribution is 0.0419. The normalized spacial score (nSPS) is 12.9. The summed E-state index contributed by atoms with van der Waals surface area (Å²) in [7, 11) is -9.14. The molecule has 0 fully saturated rings. The van der Waals surface area contributed by atoms with Crippen LogP contribution in [-0.2, 0) is 13.7 Å². The Morgan fingerprint density at radius 2 is 1.05 bits per heavy atom. The van der Waals surface area contributed by atoms with E-state index in [-0.39, 0.29) is 13.2 Å². The van der Waals surface area contributed by atoms with Gasteiger partial charge in [0.2, 0.25) is 0 Å². The van der Waals surface area contributed by atoms with Crippen LogP contribution >= 0.6 is 15.6 Å². The van der Waals surface area contributed by atoms with Crippen LogP contribution < -0.4 is 0 Å². The Morgan fingerprint density at radius 3 is 1.19 bits per heavy atom. The minimum atomic E-state index is -4.64. The molecular formula is C6H20O13P2. The Bertz CT molecular complexity index is 298. The van der Waals surface area contributed by atoms with Gasteiger partial charge in [-0.1, -0.05) is 0 Å². The zero-order valence-electron chi connectivity index (χ0n) is 10.6. The van der Waals surface area contributed by atoms with E-state index >= 15 is 0 Å². The van der Waals surface area contributed by atoms with Crippen molar-refractivity contribution in [3.8, 4) is 0 Å². The van der Waals surface area contributed by atoms with Crippen LogP contribution in [0.25, 0.3) is 0 Å². The second kappa shape index (κ2) is 13.7. The van der Waals surface area contributed by atoms with Crippen molar-refractivity contribution in [1.29, 1.82) is 0 Å². The summed E-state index contributed by atoms with van der Waals surface area (Å²) in [6.45, 7) is -1.88. The SMILES string of the molecule is O=P(O)(O)O.O=P(O)(O)OCC(O)CO.OCC(O)CO. The first-order valence-corrected chi connectivity index (χ1v) is 8.03. The first-order valence-electron chi connectivity index (χ1n) is 4.93. The van der Waals surface area contributed by atoms with Crippen molar-refractivity contribution in [1.82, 2.24) is 0 Å². The zero-order chi connectivity index (χ0) is 17.7. The van der Waals surface area contributed by atoms with Gasteiger partial charge in [-0.15, -0.1) is 0 Å². The standard InChI is InChI=1S/C3H9O6P.C3H8O3.H3O4P/c4-1-3(5)2-9-10(6,7)8;4-1-3(6)2-5;1-5(2,3)4/h3-5H,1-2H2,(H2,6,7,8);3-6H,1-2H2;(H3,1,2,3,4). The third-order valence-corrected chi connectivity index (χ3v) is 1.55. The monoisotopic (exact) mass is 362 g/mol. The molecule has 0 saturated carbocycles. The Morgan fingerprint density at radius 1 is 0.762 bits per heavy atom. The summed E-state index contributed by atoms with van der Waals surface area (Å²) in [4.78, 5) is 37.7. The average molecular weight is 362 g/mol. The van der Waals surface area contributed by atoms with Gasteiger partial charge in [-0.3, -0.25) is 4.52 Å². The van der Waals surface area contributed by atoms with E-state index < -0.39 is 41.1 Å². The van der Waals surface area contributed by atoms with Gasteiger partial charge in [-0.05, 0) is 0 Å². The maximum Gasteiger partial charge on any atom is 0.469 e. The molecule has 15 heteroatoms. The highest BCUT2D eigenvalue weighted by atomic mass is 31.2. The predicted octanol–water partition coefficient (Wildman–Crippen LogP) is -4.15. The molecule has 1 unspecified atom stereocenters. The van der Waals surface area contributed by atoms with Crippen molar-refractivity contribution >= 4 is 15.6 Å². The van der Waals surface area contributed by atoms with Crippen LogP contribution in [0.2, 0.25) is 0 Å². The van der Waals surface area contributed by atoms with E-state index in [0.717, 1.165) is 0 Å². The van der Waals surface area contributed by atoms with E-state index in [9.17, 15) is 4.57 Å². The number of rotatable bonds is 6. The molecule has 0 spiro atoms. The maximum atomic E-state index is 9.93. The molecule has 0 aliphatic heterocycles. The molecule has 0 saturated heterocycles. The van der Waals surface area contributed by atoms with Crippen molar-refractivity contribution < 1.29 is 63.7 Å². The molecule has 0 bridgehead atoms. The first-order chi connectivity index (χ1) is 9.26. The van der Waals surface area contributed by atoms with Crippen LogP contribution in [0.1, 0.15) is 0 Å². The van der Waals surface area contributed by atoms with Crippen molar-refractivity contribution in [3.05, 3.63) is 0 Å². The number of aliphatic hydroxyl groups excluding tert-OH is 5. The van der Waals surface area contributed by atoms with Gasteiger partial charge >= 0.3 is 15.6 Å². The topological polar surface area (TPSA) is 246 Å². The van der Waals surface area contributed by atoms with E-state index in [2.05, 4.69) is 4.52 Å². The lowest BCUT2D eigenvalue weighted by Gasteiger charge is -2.07. The molecule has 13 nitrogen and oxygen atoms in total. The second-order valence-corrected chi connectivity index (χ2v) is 5.42. The largest absolute Gasteiger partial charge is 0.469 e. The lowest BCUT2D eigenvalue weighted by Crippen LogP contribution is -2.18. The quantitative estimate of drug-likeness (QED) is 0.202. The Balaban J connectivity index is -0.000000252. The van der Waals surface area contributed by atoms with Crippen LogP contribution in [0.15, 0.2) is 0 Å². The summed E-state index contributed by atoms with van der Waals surface area (Å²) in [5.74, 6) is 0. The van der Waals surface area contributed by atoms with Gasteiger partial charge in [0.25, 0.3) is 0 Å². The highest BCUT2D eigenvalue weighted by molar-refractivity contribution is 7.46. The first kappa shape index (κ1) is 25.9. The number of hydrogen-bond acceptors (Lipinski definition) is 8. The molecule has 0 heterocycles. The molecule has 0 aliphatic rings. The minimum Gasteiger partial charge on any atom is -0.394 e. The second-order valence-electron chi connectivity index (χ2n) is 3.15. The fourth-order valence-electron chi connectivity index (χ4n) is 0.294. The molecule has 0 aromatic rings. The van der Waals surface area contributed by atoms with Gasteiger partial charge in [0.15, 0.2) is 0 Å². The fourth-order valence-corrected chi connectivity index (χ4v) is 0.660. The summed E-state index contributed by atoms with van der Waals surface area (Å²) in [6, 6.07) is 0. The van der Waals surface area contributed by atoms with Gasteiger partial charge in [0.05, 0.1) is 26.4 Å². The highest BCUT2D eigenvalue weighted by Crippen LogP contribution is 2.35. The van der Waals surface area contributed by atoms with Crippen LogP contribution in [-0.4, -0.2) is 88.6 Å². The molecular weight excluding hydrogens is 342 g/mol. The molecule has 132 valence electrons. The minimum absolute atomic E-state index is 0.365. The molecule has 0 radical (unpaired) electrons. The fraction of sp³-hybridized carbons (Fsp3) is 1.00. The average Bonchev–Trinajstić information content (AvgIpc) is 2.32. The summed E-state index contributed by atoms with van der Waals surface area (Å²) >= 11 is 0. The van der Waals surface area contributed by atoms with Crippen molar-refractivity contribution in [3.63, 3.8) is 0 Å². The van der Waals surface area contributed by atoms with Crippen molar-refractivity contribution in [2.75, 3.05) is 26.4 Å². The summed E-state index contributed by atoms with van der Waals surface area (Å²) < 4.78 is 22.7. The predicted molar refractivity (Wildman–Crippen MR) is 65.5 cm³/mol. The van der Waals surface area contributed by atoms with Gasteiger partial charge in [0, 0.05) is 0 Å². The number of phosphoric ester groups is 1. The van der Waals surface area contributed by atoms with E-state index in [0.29, 0.717) is 0 Å². The number of aliphatic hydroxyl groups is 5. The van der Waals surface area contributed by atoms with E-state index in [4.69, 9.17) is 54.6 Å². The van der Waals surface area contributed by atoms with E-state index in [1.54, 1.807) is 0 Å². The van der Waals surface area contributed by atoms with Crippen molar-refractivity contribution in [2.45, 2.75) is 12.2 Å². The van der Waals surface area contributed by atoms with Crippen LogP contribution in [0.3, 0.4) is 0 Å². The van der Waals surface area contributed by atoms with Crippen LogP contribution in [0, 0.1) is 0 Å². The molecule has 0 aliphatic carbocycles. The molecule has 10 N–H and O–H groups in total. The van der Waals surface area contributed by atoms with E-state index in [1.165, 1.54) is 0 Å². The van der Waals surface area contributed by atoms with Gasteiger partial charge in [-0.25, -0.2) is 9.13 Å². The number of phosphoric acid groups is 2. The van der Waals surface area contributed by atoms with Gasteiger partial charge in [-0.2, -0.15) is 0 Å². The summed E-state index contributed by atoms with van der Waals surface area (Å²) in [5.41, 5.74) is 0. The third-order valence-electron chi connectivity index (χ3n) is 1.07. The number of hydrogen-bond donors (Lipinski definition) is 10. The maximum absolute atomic E-state index is 9.93. The molecule has 21 heavy (non-hydrogen) atoms. The highest BCUT2D eigenvalue weighted by Gasteiger charge is 2.15. The molecule has 0 amide bonds. The summed E-state index contributed by atoms with van der Waals surface area (Å²) in [6.07, 6.45) is -2.20. The Hall–Kier alpha value is 0.0200. The van der Waals surface area contributed by atoms with Gasteiger partial charge in [0.1, 0.15) is 12.2 Å². The third kappa shape index (κ3) is 45.0. The van der Waals surface area contributed by atoms with E-state index in [1.807, 2.05) is 0 Å². The van der Waals surface area contributed by atoms with Gasteiger partial charge < -0.3 is 50.0 Å². The lowest BCUT2D eigenvalue weighted by atomic mass is 10.4. The molecule has 0 aromatic heterocycles. The zero-order valence-corrected chi connectivity index (χ0v) is 12.4. The Labute approximate surface area is 119 Å². The smallest absolute Gasteiger partial charge is 0.394 e. The molecule has 0 rings (SSSR count). The van der Waals surface area contributed by atoms with Crippen LogP contribution in [0.4, 0.5) is 0 Å². The van der Waals surface area contributed by atoms with Crippen molar-refractivity contribution in [2.24, 2.45) is 0 Å².